The van der Waals surface area contributed by atoms with Crippen molar-refractivity contribution in [3.63, 3.8) is 0 Å². The molecular formula is C25H36N4O3S. The van der Waals surface area contributed by atoms with E-state index in [4.69, 9.17) is 0 Å². The van der Waals surface area contributed by atoms with Gasteiger partial charge in [0, 0.05) is 51.4 Å². The number of rotatable bonds is 9. The first-order valence-electron chi connectivity index (χ1n) is 11.5. The number of sulfonamides is 1. The molecular weight excluding hydrogens is 436 g/mol. The Morgan fingerprint density at radius 2 is 1.70 bits per heavy atom. The highest BCUT2D eigenvalue weighted by Gasteiger charge is 2.20. The Kier molecular flexibility index (Phi) is 8.37. The third kappa shape index (κ3) is 6.95. The summed E-state index contributed by atoms with van der Waals surface area (Å²) in [5, 5.41) is 2.95. The molecule has 0 saturated carbocycles. The molecule has 0 spiro atoms. The van der Waals surface area contributed by atoms with Gasteiger partial charge in [-0.25, -0.2) is 8.42 Å². The number of amides is 1. The van der Waals surface area contributed by atoms with Crippen LogP contribution in [0.25, 0.3) is 0 Å². The number of aryl methyl sites for hydroxylation is 1. The largest absolute Gasteiger partial charge is 0.369 e. The molecule has 1 fully saturated rings. The summed E-state index contributed by atoms with van der Waals surface area (Å²) in [6.07, 6.45) is 1.94. The van der Waals surface area contributed by atoms with Gasteiger partial charge in [-0.3, -0.25) is 9.10 Å². The zero-order valence-corrected chi connectivity index (χ0v) is 21.0. The van der Waals surface area contributed by atoms with Gasteiger partial charge < -0.3 is 15.1 Å². The van der Waals surface area contributed by atoms with Crippen molar-refractivity contribution in [2.24, 2.45) is 0 Å². The summed E-state index contributed by atoms with van der Waals surface area (Å²) in [4.78, 5) is 17.1. The quantitative estimate of drug-likeness (QED) is 0.608. The number of piperazine rings is 1. The van der Waals surface area contributed by atoms with E-state index in [-0.39, 0.29) is 18.9 Å². The highest BCUT2D eigenvalue weighted by Crippen LogP contribution is 2.25. The van der Waals surface area contributed by atoms with Gasteiger partial charge in [0.1, 0.15) is 0 Å². The summed E-state index contributed by atoms with van der Waals surface area (Å²) in [5.74, 6) is -0.0763. The molecule has 7 nitrogen and oxygen atoms in total. The number of likely N-dealkylation sites (N-methyl/N-ethyl adjacent to an activating group) is 1. The van der Waals surface area contributed by atoms with Gasteiger partial charge in [-0.2, -0.15) is 0 Å². The second-order valence-electron chi connectivity index (χ2n) is 8.89. The first-order chi connectivity index (χ1) is 15.6. The maximum absolute atomic E-state index is 12.4. The fraction of sp³-hybridized carbons (Fsp3) is 0.480. The van der Waals surface area contributed by atoms with Crippen LogP contribution in [0.2, 0.25) is 0 Å². The van der Waals surface area contributed by atoms with Crippen LogP contribution in [0.15, 0.2) is 42.5 Å². The van der Waals surface area contributed by atoms with Gasteiger partial charge in [-0.1, -0.05) is 24.3 Å². The lowest BCUT2D eigenvalue weighted by Crippen LogP contribution is -2.44. The van der Waals surface area contributed by atoms with Gasteiger partial charge in [0.2, 0.25) is 15.9 Å². The lowest BCUT2D eigenvalue weighted by Gasteiger charge is -2.34. The van der Waals surface area contributed by atoms with Crippen molar-refractivity contribution in [1.29, 1.82) is 0 Å². The van der Waals surface area contributed by atoms with Crippen molar-refractivity contribution in [3.8, 4) is 0 Å². The number of anilines is 2. The predicted molar refractivity (Wildman–Crippen MR) is 135 cm³/mol. The van der Waals surface area contributed by atoms with E-state index in [9.17, 15) is 13.2 Å². The van der Waals surface area contributed by atoms with Crippen molar-refractivity contribution in [3.05, 3.63) is 59.2 Å². The van der Waals surface area contributed by atoms with Crippen molar-refractivity contribution in [2.45, 2.75) is 33.2 Å². The van der Waals surface area contributed by atoms with Crippen LogP contribution in [0.5, 0.6) is 0 Å². The van der Waals surface area contributed by atoms with E-state index in [1.807, 2.05) is 32.0 Å². The normalized spacial score (nSPS) is 14.8. The van der Waals surface area contributed by atoms with E-state index >= 15 is 0 Å². The average Bonchev–Trinajstić information content (AvgIpc) is 2.78. The van der Waals surface area contributed by atoms with E-state index in [1.54, 1.807) is 0 Å². The minimum atomic E-state index is -3.43. The van der Waals surface area contributed by atoms with Crippen LogP contribution in [-0.2, 0) is 21.4 Å². The molecule has 0 atom stereocenters. The molecule has 1 N–H and O–H groups in total. The molecule has 1 aliphatic heterocycles. The third-order valence-electron chi connectivity index (χ3n) is 6.30. The topological polar surface area (TPSA) is 73.0 Å². The van der Waals surface area contributed by atoms with Crippen molar-refractivity contribution < 1.29 is 13.2 Å². The molecule has 1 amide bonds. The Labute approximate surface area is 198 Å². The van der Waals surface area contributed by atoms with E-state index < -0.39 is 10.0 Å². The van der Waals surface area contributed by atoms with E-state index in [2.05, 4.69) is 46.4 Å². The first kappa shape index (κ1) is 25.1. The minimum Gasteiger partial charge on any atom is -0.369 e. The number of nitrogens with one attached hydrogen (secondary N) is 1. The lowest BCUT2D eigenvalue weighted by molar-refractivity contribution is -0.121. The smallest absolute Gasteiger partial charge is 0.232 e. The fourth-order valence-electron chi connectivity index (χ4n) is 4.03. The Morgan fingerprint density at radius 1 is 1.03 bits per heavy atom. The van der Waals surface area contributed by atoms with Crippen LogP contribution in [0.4, 0.5) is 11.4 Å². The zero-order chi connectivity index (χ0) is 24.0. The summed E-state index contributed by atoms with van der Waals surface area (Å²) in [6, 6.07) is 14.0. The van der Waals surface area contributed by atoms with Crippen LogP contribution in [-0.4, -0.2) is 65.3 Å². The van der Waals surface area contributed by atoms with Crippen LogP contribution in [0.1, 0.15) is 29.5 Å². The zero-order valence-electron chi connectivity index (χ0n) is 20.2. The van der Waals surface area contributed by atoms with Crippen LogP contribution in [0.3, 0.4) is 0 Å². The number of carbonyl (C=O) groups is 1. The molecule has 180 valence electrons. The molecule has 1 saturated heterocycles. The number of hydrogen-bond acceptors (Lipinski definition) is 5. The summed E-state index contributed by atoms with van der Waals surface area (Å²) >= 11 is 0. The summed E-state index contributed by atoms with van der Waals surface area (Å²) in [6.45, 7) is 8.81. The Bertz CT molecular complexity index is 1050. The molecule has 1 aliphatic rings. The van der Waals surface area contributed by atoms with Crippen LogP contribution >= 0.6 is 0 Å². The van der Waals surface area contributed by atoms with E-state index in [0.29, 0.717) is 18.7 Å². The minimum absolute atomic E-state index is 0.0763. The molecule has 0 aliphatic carbocycles. The van der Waals surface area contributed by atoms with Crippen LogP contribution in [0, 0.1) is 13.8 Å². The van der Waals surface area contributed by atoms with Gasteiger partial charge in [0.25, 0.3) is 0 Å². The lowest BCUT2D eigenvalue weighted by atomic mass is 10.1. The molecule has 0 aromatic heterocycles. The molecule has 0 unspecified atom stereocenters. The highest BCUT2D eigenvalue weighted by atomic mass is 32.2. The maximum Gasteiger partial charge on any atom is 0.232 e. The predicted octanol–water partition coefficient (Wildman–Crippen LogP) is 2.92. The Hall–Kier alpha value is -2.58. The second-order valence-corrected chi connectivity index (χ2v) is 10.8. The molecule has 1 heterocycles. The van der Waals surface area contributed by atoms with Gasteiger partial charge in [0.05, 0.1) is 11.9 Å². The fourth-order valence-corrected chi connectivity index (χ4v) is 5.05. The molecule has 0 radical (unpaired) electrons. The summed E-state index contributed by atoms with van der Waals surface area (Å²) < 4.78 is 26.1. The summed E-state index contributed by atoms with van der Waals surface area (Å²) in [7, 11) is -1.29. The number of hydrogen-bond donors (Lipinski definition) is 1. The molecule has 2 aromatic rings. The highest BCUT2D eigenvalue weighted by molar-refractivity contribution is 7.92. The molecule has 0 bridgehead atoms. The summed E-state index contributed by atoms with van der Waals surface area (Å²) in [5.41, 5.74) is 4.92. The van der Waals surface area contributed by atoms with E-state index in [1.165, 1.54) is 16.2 Å². The Balaban J connectivity index is 1.48. The Morgan fingerprint density at radius 3 is 2.33 bits per heavy atom. The number of nitrogens with zero attached hydrogens (tertiary/aromatic N) is 3. The van der Waals surface area contributed by atoms with Gasteiger partial charge in [-0.15, -0.1) is 0 Å². The molecule has 33 heavy (non-hydrogen) atoms. The SMILES string of the molecule is Cc1cccc(N(CCCC(=O)NCc2ccc(N3CCN(C)CC3)cc2)S(C)(=O)=O)c1C. The van der Waals surface area contributed by atoms with Crippen molar-refractivity contribution >= 4 is 27.3 Å². The van der Waals surface area contributed by atoms with Gasteiger partial charge >= 0.3 is 0 Å². The monoisotopic (exact) mass is 472 g/mol. The van der Waals surface area contributed by atoms with Gasteiger partial charge in [-0.05, 0) is 62.2 Å². The standard InChI is InChI=1S/C25H36N4O3S/c1-20-7-5-8-24(21(20)2)29(33(4,31)32)14-6-9-25(30)26-19-22-10-12-23(13-11-22)28-17-15-27(3)16-18-28/h5,7-8,10-13H,6,9,14-19H2,1-4H3,(H,26,30). The van der Waals surface area contributed by atoms with Crippen molar-refractivity contribution in [1.82, 2.24) is 10.2 Å². The molecule has 2 aromatic carbocycles. The number of benzene rings is 2. The van der Waals surface area contributed by atoms with Crippen molar-refractivity contribution in [2.75, 3.05) is 55.2 Å². The van der Waals surface area contributed by atoms with Gasteiger partial charge in [0.15, 0.2) is 0 Å². The first-order valence-corrected chi connectivity index (χ1v) is 13.3. The number of carbonyl (C=O) groups excluding carboxylic acids is 1. The maximum atomic E-state index is 12.4. The second kappa shape index (κ2) is 11.0. The molecule has 8 heteroatoms. The van der Waals surface area contributed by atoms with E-state index in [0.717, 1.165) is 42.9 Å². The average molecular weight is 473 g/mol. The molecule has 3 rings (SSSR count). The third-order valence-corrected chi connectivity index (χ3v) is 7.48. The van der Waals surface area contributed by atoms with Crippen LogP contribution < -0.4 is 14.5 Å².